The second-order valence-electron chi connectivity index (χ2n) is 4.35. The number of urea groups is 1. The number of benzene rings is 2. The van der Waals surface area contributed by atoms with Gasteiger partial charge in [0.05, 0.1) is 10.2 Å². The van der Waals surface area contributed by atoms with E-state index in [1.54, 1.807) is 24.3 Å². The van der Waals surface area contributed by atoms with E-state index in [0.717, 1.165) is 0 Å². The predicted molar refractivity (Wildman–Crippen MR) is 88.2 cm³/mol. The second kappa shape index (κ2) is 7.94. The molecule has 0 aliphatic rings. The average Bonchev–Trinajstić information content (AvgIpc) is 2.48. The normalized spacial score (nSPS) is 10.0. The van der Waals surface area contributed by atoms with Gasteiger partial charge in [0, 0.05) is 5.02 Å². The van der Waals surface area contributed by atoms with Crippen LogP contribution in [0, 0.1) is 5.82 Å². The fraction of sp³-hybridized carbons (Fsp3) is 0.0667. The number of para-hydroxylation sites is 1. The molecule has 0 aliphatic carbocycles. The molecule has 0 fully saturated rings. The van der Waals surface area contributed by atoms with E-state index in [4.69, 9.17) is 16.3 Å². The quantitative estimate of drug-likeness (QED) is 0.815. The van der Waals surface area contributed by atoms with Gasteiger partial charge in [-0.2, -0.15) is 0 Å². The van der Waals surface area contributed by atoms with Gasteiger partial charge in [-0.15, -0.1) is 0 Å². The van der Waals surface area contributed by atoms with Crippen LogP contribution in [0.4, 0.5) is 14.9 Å². The Bertz CT molecular complexity index is 742. The molecular weight excluding hydrogens is 391 g/mol. The van der Waals surface area contributed by atoms with Crippen LogP contribution in [-0.4, -0.2) is 18.5 Å². The number of nitrogens with one attached hydrogen (secondary N) is 2. The minimum atomic E-state index is -0.848. The largest absolute Gasteiger partial charge is 0.483 e. The summed E-state index contributed by atoms with van der Waals surface area (Å²) < 4.78 is 19.2. The Kier molecular flexibility index (Phi) is 5.95. The van der Waals surface area contributed by atoms with Crippen LogP contribution in [0.5, 0.6) is 5.75 Å². The lowest BCUT2D eigenvalue weighted by molar-refractivity contribution is -0.121. The third kappa shape index (κ3) is 5.22. The van der Waals surface area contributed by atoms with Crippen LogP contribution >= 0.6 is 27.5 Å². The molecule has 0 atom stereocenters. The van der Waals surface area contributed by atoms with Crippen molar-refractivity contribution in [1.82, 2.24) is 5.32 Å². The van der Waals surface area contributed by atoms with Gasteiger partial charge in [0.2, 0.25) is 0 Å². The van der Waals surface area contributed by atoms with E-state index in [1.807, 2.05) is 5.32 Å². The first-order chi connectivity index (χ1) is 11.0. The zero-order chi connectivity index (χ0) is 16.8. The van der Waals surface area contributed by atoms with Crippen molar-refractivity contribution in [3.05, 3.63) is 57.8 Å². The molecule has 0 aromatic heterocycles. The highest BCUT2D eigenvalue weighted by Gasteiger charge is 2.11. The van der Waals surface area contributed by atoms with Crippen molar-refractivity contribution >= 4 is 45.2 Å². The number of amides is 3. The van der Waals surface area contributed by atoms with Gasteiger partial charge in [-0.3, -0.25) is 10.1 Å². The summed E-state index contributed by atoms with van der Waals surface area (Å²) in [7, 11) is 0. The van der Waals surface area contributed by atoms with E-state index >= 15 is 0 Å². The molecular formula is C15H11BrClFN2O3. The maximum absolute atomic E-state index is 13.4. The number of hydrogen-bond donors (Lipinski definition) is 2. The Hall–Kier alpha value is -2.12. The third-order valence-electron chi connectivity index (χ3n) is 2.63. The highest BCUT2D eigenvalue weighted by molar-refractivity contribution is 9.10. The lowest BCUT2D eigenvalue weighted by Crippen LogP contribution is -2.37. The first kappa shape index (κ1) is 17.2. The number of carbonyl (C=O) groups excluding carboxylic acids is 2. The summed E-state index contributed by atoms with van der Waals surface area (Å²) in [6.45, 7) is -0.384. The van der Waals surface area contributed by atoms with Gasteiger partial charge >= 0.3 is 6.03 Å². The fourth-order valence-corrected chi connectivity index (χ4v) is 2.41. The molecule has 5 nitrogen and oxygen atoms in total. The van der Waals surface area contributed by atoms with Crippen molar-refractivity contribution in [1.29, 1.82) is 0 Å². The first-order valence-corrected chi connectivity index (χ1v) is 7.56. The highest BCUT2D eigenvalue weighted by Crippen LogP contribution is 2.27. The van der Waals surface area contributed by atoms with Crippen LogP contribution in [0.1, 0.15) is 0 Å². The van der Waals surface area contributed by atoms with Gasteiger partial charge in [-0.05, 0) is 46.3 Å². The highest BCUT2D eigenvalue weighted by atomic mass is 79.9. The zero-order valence-electron chi connectivity index (χ0n) is 11.6. The molecule has 0 saturated heterocycles. The van der Waals surface area contributed by atoms with Crippen LogP contribution in [0.2, 0.25) is 5.02 Å². The van der Waals surface area contributed by atoms with Crippen LogP contribution < -0.4 is 15.4 Å². The van der Waals surface area contributed by atoms with Crippen molar-refractivity contribution in [3.8, 4) is 5.75 Å². The molecule has 0 radical (unpaired) electrons. The molecule has 0 saturated carbocycles. The molecule has 2 aromatic rings. The minimum Gasteiger partial charge on any atom is -0.483 e. The van der Waals surface area contributed by atoms with Crippen LogP contribution in [0.25, 0.3) is 0 Å². The molecule has 23 heavy (non-hydrogen) atoms. The number of halogens is 3. The fourth-order valence-electron chi connectivity index (χ4n) is 1.61. The van der Waals surface area contributed by atoms with Crippen molar-refractivity contribution in [2.75, 3.05) is 11.9 Å². The third-order valence-corrected chi connectivity index (χ3v) is 3.48. The zero-order valence-corrected chi connectivity index (χ0v) is 13.9. The van der Waals surface area contributed by atoms with Gasteiger partial charge in [0.1, 0.15) is 11.6 Å². The van der Waals surface area contributed by atoms with Crippen molar-refractivity contribution in [2.45, 2.75) is 0 Å². The molecule has 3 amide bonds. The summed E-state index contributed by atoms with van der Waals surface area (Å²) >= 11 is 9.03. The maximum Gasteiger partial charge on any atom is 0.326 e. The van der Waals surface area contributed by atoms with Gasteiger partial charge in [-0.25, -0.2) is 9.18 Å². The molecule has 0 unspecified atom stereocenters. The van der Waals surface area contributed by atoms with E-state index in [1.165, 1.54) is 18.2 Å². The lowest BCUT2D eigenvalue weighted by atomic mass is 10.3. The standard InChI is InChI=1S/C15H11BrClFN2O3/c16-10-7-9(17)5-6-13(10)23-8-14(21)20-15(22)19-12-4-2-1-3-11(12)18/h1-7H,8H2,(H2,19,20,21,22). The second-order valence-corrected chi connectivity index (χ2v) is 5.64. The van der Waals surface area contributed by atoms with Crippen LogP contribution in [0.15, 0.2) is 46.9 Å². The lowest BCUT2D eigenvalue weighted by Gasteiger charge is -2.09. The molecule has 120 valence electrons. The number of anilines is 1. The molecule has 8 heteroatoms. The summed E-state index contributed by atoms with van der Waals surface area (Å²) in [5.74, 6) is -0.879. The Labute approximate surface area is 144 Å². The Morgan fingerprint density at radius 2 is 1.96 bits per heavy atom. The summed E-state index contributed by atoms with van der Waals surface area (Å²) in [4.78, 5) is 23.3. The summed E-state index contributed by atoms with van der Waals surface area (Å²) in [5, 5.41) is 4.78. The SMILES string of the molecule is O=C(COc1ccc(Cl)cc1Br)NC(=O)Nc1ccccc1F. The van der Waals surface area contributed by atoms with Gasteiger partial charge < -0.3 is 10.1 Å². The van der Waals surface area contributed by atoms with Gasteiger partial charge in [-0.1, -0.05) is 23.7 Å². The smallest absolute Gasteiger partial charge is 0.326 e. The predicted octanol–water partition coefficient (Wildman–Crippen LogP) is 3.97. The van der Waals surface area contributed by atoms with Crippen LogP contribution in [0.3, 0.4) is 0 Å². The van der Waals surface area contributed by atoms with Crippen molar-refractivity contribution < 1.29 is 18.7 Å². The summed E-state index contributed by atoms with van der Waals surface area (Å²) in [5.41, 5.74) is -0.0286. The van der Waals surface area contributed by atoms with Crippen molar-refractivity contribution in [2.24, 2.45) is 0 Å². The minimum absolute atomic E-state index is 0.0286. The van der Waals surface area contributed by atoms with E-state index < -0.39 is 17.8 Å². The number of carbonyl (C=O) groups is 2. The molecule has 0 heterocycles. The monoisotopic (exact) mass is 400 g/mol. The van der Waals surface area contributed by atoms with E-state index in [0.29, 0.717) is 15.2 Å². The van der Waals surface area contributed by atoms with E-state index in [-0.39, 0.29) is 12.3 Å². The Morgan fingerprint density at radius 1 is 1.22 bits per heavy atom. The topological polar surface area (TPSA) is 67.4 Å². The van der Waals surface area contributed by atoms with Gasteiger partial charge in [0.15, 0.2) is 6.61 Å². The molecule has 2 rings (SSSR count). The van der Waals surface area contributed by atoms with Gasteiger partial charge in [0.25, 0.3) is 5.91 Å². The Morgan fingerprint density at radius 3 is 2.65 bits per heavy atom. The number of ether oxygens (including phenoxy) is 1. The summed E-state index contributed by atoms with van der Waals surface area (Å²) in [6.07, 6.45) is 0. The molecule has 0 aliphatic heterocycles. The Balaban J connectivity index is 1.85. The molecule has 0 spiro atoms. The first-order valence-electron chi connectivity index (χ1n) is 6.39. The van der Waals surface area contributed by atoms with Crippen LogP contribution in [-0.2, 0) is 4.79 Å². The summed E-state index contributed by atoms with van der Waals surface area (Å²) in [6, 6.07) is 9.56. The number of rotatable bonds is 4. The van der Waals surface area contributed by atoms with E-state index in [9.17, 15) is 14.0 Å². The molecule has 0 bridgehead atoms. The number of hydrogen-bond acceptors (Lipinski definition) is 3. The molecule has 2 N–H and O–H groups in total. The maximum atomic E-state index is 13.4. The average molecular weight is 402 g/mol. The molecule has 2 aromatic carbocycles. The van der Waals surface area contributed by atoms with Crippen molar-refractivity contribution in [3.63, 3.8) is 0 Å². The number of imide groups is 1. The van der Waals surface area contributed by atoms with E-state index in [2.05, 4.69) is 21.2 Å².